The third-order valence-corrected chi connectivity index (χ3v) is 6.07. The average molecular weight is 399 g/mol. The molecule has 0 spiro atoms. The van der Waals surface area contributed by atoms with Crippen molar-refractivity contribution in [3.05, 3.63) is 57.6 Å². The number of nitrogens with zero attached hydrogens (tertiary/aromatic N) is 4. The lowest BCUT2D eigenvalue weighted by Gasteiger charge is -2.23. The lowest BCUT2D eigenvalue weighted by molar-refractivity contribution is 0.102. The fraction of sp³-hybridized carbons (Fsp3) is 0.350. The van der Waals surface area contributed by atoms with Gasteiger partial charge in [0, 0.05) is 24.4 Å². The number of nitrogens with one attached hydrogen (secondary N) is 1. The molecule has 0 saturated heterocycles. The minimum atomic E-state index is -0.308. The van der Waals surface area contributed by atoms with Crippen LogP contribution in [-0.4, -0.2) is 38.7 Å². The van der Waals surface area contributed by atoms with E-state index in [9.17, 15) is 9.18 Å². The van der Waals surface area contributed by atoms with E-state index in [0.29, 0.717) is 27.8 Å². The molecule has 3 aromatic rings. The molecular formula is C20H22FN5OS. The van der Waals surface area contributed by atoms with Crippen molar-refractivity contribution in [3.63, 3.8) is 0 Å². The van der Waals surface area contributed by atoms with Crippen molar-refractivity contribution in [1.82, 2.24) is 19.7 Å². The first kappa shape index (κ1) is 18.8. The van der Waals surface area contributed by atoms with E-state index in [1.54, 1.807) is 35.1 Å². The highest BCUT2D eigenvalue weighted by atomic mass is 32.1. The number of anilines is 1. The maximum absolute atomic E-state index is 13.2. The Morgan fingerprint density at radius 2 is 2.04 bits per heavy atom. The molecule has 0 radical (unpaired) electrons. The fourth-order valence-corrected chi connectivity index (χ4v) is 4.58. The lowest BCUT2D eigenvalue weighted by Crippen LogP contribution is -2.29. The molecule has 1 amide bonds. The Labute approximate surface area is 167 Å². The minimum Gasteiger partial charge on any atom is -0.298 e. The number of hydrogen-bond acceptors (Lipinski definition) is 5. The number of likely N-dealkylation sites (N-methyl/N-ethyl adjacent to an activating group) is 1. The summed E-state index contributed by atoms with van der Waals surface area (Å²) in [6.45, 7) is 8.69. The summed E-state index contributed by atoms with van der Waals surface area (Å²) in [5, 5.41) is 8.04. The molecule has 6 nitrogen and oxygen atoms in total. The van der Waals surface area contributed by atoms with E-state index >= 15 is 0 Å². The standard InChI is InChI=1S/C20H22FN5OS/c1-4-25-10-9-16-17(11-25)28-20(22-16)23-19(27)18-12(2)24-26(13(18)3)15-7-5-14(21)6-8-15/h5-8H,4,9-11H2,1-3H3,(H,22,23,27). The van der Waals surface area contributed by atoms with Gasteiger partial charge in [0.25, 0.3) is 5.91 Å². The number of thiazole rings is 1. The SMILES string of the molecule is CCN1CCc2nc(NC(=O)c3c(C)nn(-c4ccc(F)cc4)c3C)sc2C1. The highest BCUT2D eigenvalue weighted by Crippen LogP contribution is 2.29. The van der Waals surface area contributed by atoms with E-state index in [2.05, 4.69) is 27.2 Å². The van der Waals surface area contributed by atoms with Gasteiger partial charge in [-0.1, -0.05) is 6.92 Å². The second-order valence-corrected chi connectivity index (χ2v) is 7.98. The third kappa shape index (κ3) is 3.45. The van der Waals surface area contributed by atoms with Gasteiger partial charge in [-0.15, -0.1) is 11.3 Å². The van der Waals surface area contributed by atoms with Crippen LogP contribution in [0.25, 0.3) is 5.69 Å². The second-order valence-electron chi connectivity index (χ2n) is 6.90. The Morgan fingerprint density at radius 3 is 2.75 bits per heavy atom. The number of halogens is 1. The van der Waals surface area contributed by atoms with E-state index in [-0.39, 0.29) is 11.7 Å². The van der Waals surface area contributed by atoms with Gasteiger partial charge in [0.05, 0.1) is 28.3 Å². The van der Waals surface area contributed by atoms with Crippen molar-refractivity contribution in [2.75, 3.05) is 18.4 Å². The van der Waals surface area contributed by atoms with Gasteiger partial charge in [0.2, 0.25) is 0 Å². The van der Waals surface area contributed by atoms with Crippen LogP contribution in [0.1, 0.15) is 39.2 Å². The van der Waals surface area contributed by atoms with Gasteiger partial charge >= 0.3 is 0 Å². The zero-order valence-electron chi connectivity index (χ0n) is 16.1. The van der Waals surface area contributed by atoms with Crippen molar-refractivity contribution in [1.29, 1.82) is 0 Å². The Hall–Kier alpha value is -2.58. The van der Waals surface area contributed by atoms with Crippen LogP contribution in [-0.2, 0) is 13.0 Å². The molecule has 146 valence electrons. The number of aromatic nitrogens is 3. The van der Waals surface area contributed by atoms with Gasteiger partial charge in [0.15, 0.2) is 5.13 Å². The Morgan fingerprint density at radius 1 is 1.29 bits per heavy atom. The molecule has 0 bridgehead atoms. The number of benzene rings is 1. The van der Waals surface area contributed by atoms with Crippen molar-refractivity contribution in [2.45, 2.75) is 33.7 Å². The predicted octanol–water partition coefficient (Wildman–Crippen LogP) is 3.72. The molecule has 0 unspecified atom stereocenters. The van der Waals surface area contributed by atoms with Crippen molar-refractivity contribution in [2.24, 2.45) is 0 Å². The number of carbonyl (C=O) groups is 1. The smallest absolute Gasteiger partial charge is 0.261 e. The van der Waals surface area contributed by atoms with E-state index < -0.39 is 0 Å². The van der Waals surface area contributed by atoms with E-state index in [0.717, 1.165) is 31.7 Å². The first-order chi connectivity index (χ1) is 13.5. The lowest BCUT2D eigenvalue weighted by atomic mass is 10.2. The molecular weight excluding hydrogens is 377 g/mol. The molecule has 0 fully saturated rings. The Bertz CT molecular complexity index is 1020. The van der Waals surface area contributed by atoms with Gasteiger partial charge in [0.1, 0.15) is 5.82 Å². The summed E-state index contributed by atoms with van der Waals surface area (Å²) in [7, 11) is 0. The molecule has 8 heteroatoms. The van der Waals surface area contributed by atoms with Gasteiger partial charge in [-0.3, -0.25) is 15.0 Å². The summed E-state index contributed by atoms with van der Waals surface area (Å²) in [6.07, 6.45) is 0.913. The summed E-state index contributed by atoms with van der Waals surface area (Å²) in [5.74, 6) is -0.528. The normalized spacial score (nSPS) is 14.1. The van der Waals surface area contributed by atoms with Crippen LogP contribution in [0, 0.1) is 19.7 Å². The van der Waals surface area contributed by atoms with Crippen LogP contribution in [0.2, 0.25) is 0 Å². The summed E-state index contributed by atoms with van der Waals surface area (Å²) in [4.78, 5) is 21.1. The van der Waals surface area contributed by atoms with Gasteiger partial charge in [-0.05, 0) is 44.7 Å². The molecule has 1 aliphatic heterocycles. The summed E-state index contributed by atoms with van der Waals surface area (Å²) >= 11 is 1.54. The van der Waals surface area contributed by atoms with Crippen LogP contribution in [0.4, 0.5) is 9.52 Å². The fourth-order valence-electron chi connectivity index (χ4n) is 3.54. The molecule has 1 N–H and O–H groups in total. The van der Waals surface area contributed by atoms with Crippen molar-refractivity contribution in [3.8, 4) is 5.69 Å². The molecule has 1 aliphatic rings. The molecule has 28 heavy (non-hydrogen) atoms. The largest absolute Gasteiger partial charge is 0.298 e. The zero-order valence-corrected chi connectivity index (χ0v) is 16.9. The van der Waals surface area contributed by atoms with Gasteiger partial charge < -0.3 is 0 Å². The molecule has 3 heterocycles. The molecule has 0 aliphatic carbocycles. The van der Waals surface area contributed by atoms with E-state index in [1.165, 1.54) is 17.0 Å². The number of fused-ring (bicyclic) bond motifs is 1. The average Bonchev–Trinajstić information content (AvgIpc) is 3.21. The Balaban J connectivity index is 1.58. The van der Waals surface area contributed by atoms with Gasteiger partial charge in [-0.25, -0.2) is 14.1 Å². The number of carbonyl (C=O) groups excluding carboxylic acids is 1. The van der Waals surface area contributed by atoms with Crippen LogP contribution >= 0.6 is 11.3 Å². The van der Waals surface area contributed by atoms with Gasteiger partial charge in [-0.2, -0.15) is 5.10 Å². The van der Waals surface area contributed by atoms with Crippen LogP contribution in [0.5, 0.6) is 0 Å². The first-order valence-electron chi connectivity index (χ1n) is 9.30. The quantitative estimate of drug-likeness (QED) is 0.726. The number of hydrogen-bond donors (Lipinski definition) is 1. The number of aryl methyl sites for hydroxylation is 1. The first-order valence-corrected chi connectivity index (χ1v) is 10.1. The highest BCUT2D eigenvalue weighted by molar-refractivity contribution is 7.15. The minimum absolute atomic E-state index is 0.221. The third-order valence-electron chi connectivity index (χ3n) is 5.07. The van der Waals surface area contributed by atoms with Crippen molar-refractivity contribution >= 4 is 22.4 Å². The van der Waals surface area contributed by atoms with Crippen molar-refractivity contribution < 1.29 is 9.18 Å². The number of rotatable bonds is 4. The highest BCUT2D eigenvalue weighted by Gasteiger charge is 2.23. The molecule has 0 saturated carbocycles. The summed E-state index contributed by atoms with van der Waals surface area (Å²) < 4.78 is 14.9. The van der Waals surface area contributed by atoms with E-state index in [1.807, 2.05) is 6.92 Å². The van der Waals surface area contributed by atoms with Crippen LogP contribution in [0.15, 0.2) is 24.3 Å². The molecule has 2 aromatic heterocycles. The maximum atomic E-state index is 13.2. The van der Waals surface area contributed by atoms with E-state index in [4.69, 9.17) is 0 Å². The maximum Gasteiger partial charge on any atom is 0.261 e. The Kier molecular flexibility index (Phi) is 4.99. The number of amides is 1. The summed E-state index contributed by atoms with van der Waals surface area (Å²) in [6, 6.07) is 6.05. The topological polar surface area (TPSA) is 63.1 Å². The molecule has 1 aromatic carbocycles. The molecule has 4 rings (SSSR count). The monoisotopic (exact) mass is 399 g/mol. The molecule has 0 atom stereocenters. The predicted molar refractivity (Wildman–Crippen MR) is 108 cm³/mol. The van der Waals surface area contributed by atoms with Crippen LogP contribution in [0.3, 0.4) is 0 Å². The second kappa shape index (κ2) is 7.44. The zero-order chi connectivity index (χ0) is 19.8. The van der Waals surface area contributed by atoms with Crippen LogP contribution < -0.4 is 5.32 Å². The summed E-state index contributed by atoms with van der Waals surface area (Å²) in [5.41, 5.74) is 3.65.